The molecule has 70 valence electrons. The summed E-state index contributed by atoms with van der Waals surface area (Å²) in [7, 11) is 0. The van der Waals surface area contributed by atoms with Gasteiger partial charge in [-0.05, 0) is 12.1 Å². The Hall–Kier alpha value is -1.45. The fourth-order valence-electron chi connectivity index (χ4n) is 0.929. The topological polar surface area (TPSA) is 37.3 Å². The van der Waals surface area contributed by atoms with E-state index in [1.165, 1.54) is 12.1 Å². The van der Waals surface area contributed by atoms with E-state index in [2.05, 4.69) is 0 Å². The van der Waals surface area contributed by atoms with E-state index >= 15 is 0 Å². The number of para-hydroxylation sites is 1. The van der Waals surface area contributed by atoms with Crippen molar-refractivity contribution >= 4 is 5.78 Å². The van der Waals surface area contributed by atoms with Crippen molar-refractivity contribution in [3.63, 3.8) is 0 Å². The van der Waals surface area contributed by atoms with Gasteiger partial charge in [0.1, 0.15) is 5.75 Å². The van der Waals surface area contributed by atoms with Crippen LogP contribution in [0.2, 0.25) is 0 Å². The van der Waals surface area contributed by atoms with E-state index < -0.39 is 23.0 Å². The smallest absolute Gasteiger partial charge is 0.333 e. The summed E-state index contributed by atoms with van der Waals surface area (Å²) < 4.78 is 26.1. The number of hydrogen-bond donors (Lipinski definition) is 1. The highest BCUT2D eigenvalue weighted by Crippen LogP contribution is 2.34. The Morgan fingerprint density at radius 1 is 1.38 bits per heavy atom. The summed E-state index contributed by atoms with van der Waals surface area (Å²) in [5.74, 6) is -5.46. The first-order valence-electron chi connectivity index (χ1n) is 3.63. The van der Waals surface area contributed by atoms with Gasteiger partial charge in [-0.3, -0.25) is 4.79 Å². The molecule has 0 bridgehead atoms. The second-order valence-corrected chi connectivity index (χ2v) is 2.65. The molecule has 1 N–H and O–H groups in total. The average molecular weight is 186 g/mol. The van der Waals surface area contributed by atoms with E-state index in [1.54, 1.807) is 0 Å². The minimum absolute atomic E-state index is 0.567. The number of hydrogen-bond acceptors (Lipinski definition) is 2. The molecule has 0 fully saturated rings. The van der Waals surface area contributed by atoms with Crippen molar-refractivity contribution in [3.8, 4) is 5.75 Å². The predicted molar refractivity (Wildman–Crippen MR) is 42.7 cm³/mol. The Bertz CT molecular complexity index is 334. The molecule has 0 atom stereocenters. The summed E-state index contributed by atoms with van der Waals surface area (Å²) in [6.07, 6.45) is 0. The zero-order chi connectivity index (χ0) is 10.1. The van der Waals surface area contributed by atoms with E-state index in [9.17, 15) is 13.6 Å². The lowest BCUT2D eigenvalue weighted by Gasteiger charge is -2.13. The standard InChI is InChI=1S/C9H8F2O2/c1-6(12)9(10,11)7-4-2-3-5-8(7)13/h2-5,13H,1H3. The molecule has 0 saturated carbocycles. The van der Waals surface area contributed by atoms with Crippen LogP contribution in [0.3, 0.4) is 0 Å². The molecule has 0 spiro atoms. The van der Waals surface area contributed by atoms with Crippen LogP contribution < -0.4 is 0 Å². The van der Waals surface area contributed by atoms with Crippen LogP contribution in [0.5, 0.6) is 5.75 Å². The van der Waals surface area contributed by atoms with Crippen molar-refractivity contribution in [2.75, 3.05) is 0 Å². The molecule has 0 aromatic heterocycles. The number of alkyl halides is 2. The summed E-state index contributed by atoms with van der Waals surface area (Å²) in [6.45, 7) is 0.784. The van der Waals surface area contributed by atoms with Gasteiger partial charge in [0.05, 0.1) is 5.56 Å². The molecule has 0 saturated heterocycles. The summed E-state index contributed by atoms with van der Waals surface area (Å²) in [5.41, 5.74) is -0.650. The normalized spacial score (nSPS) is 11.3. The Morgan fingerprint density at radius 2 is 1.92 bits per heavy atom. The lowest BCUT2D eigenvalue weighted by Crippen LogP contribution is -2.22. The Balaban J connectivity index is 3.22. The van der Waals surface area contributed by atoms with Crippen molar-refractivity contribution in [3.05, 3.63) is 29.8 Å². The zero-order valence-corrected chi connectivity index (χ0v) is 6.92. The lowest BCUT2D eigenvalue weighted by atomic mass is 10.0. The number of carbonyl (C=O) groups is 1. The summed E-state index contributed by atoms with van der Waals surface area (Å²) in [5, 5.41) is 9.06. The predicted octanol–water partition coefficient (Wildman–Crippen LogP) is 2.07. The molecule has 4 heteroatoms. The minimum Gasteiger partial charge on any atom is -0.507 e. The average Bonchev–Trinajstić information content (AvgIpc) is 2.04. The number of benzene rings is 1. The van der Waals surface area contributed by atoms with Gasteiger partial charge in [0, 0.05) is 6.92 Å². The third-order valence-electron chi connectivity index (χ3n) is 1.68. The first-order chi connectivity index (χ1) is 5.96. The summed E-state index contributed by atoms with van der Waals surface area (Å²) in [6, 6.07) is 4.89. The number of Topliss-reactive ketones (excluding diaryl/α,β-unsaturated/α-hetero) is 1. The minimum atomic E-state index is -3.61. The number of aromatic hydroxyl groups is 1. The lowest BCUT2D eigenvalue weighted by molar-refractivity contribution is -0.142. The van der Waals surface area contributed by atoms with Crippen LogP contribution in [0.1, 0.15) is 12.5 Å². The number of ketones is 1. The van der Waals surface area contributed by atoms with Crippen molar-refractivity contribution in [2.45, 2.75) is 12.8 Å². The van der Waals surface area contributed by atoms with Crippen molar-refractivity contribution < 1.29 is 18.7 Å². The van der Waals surface area contributed by atoms with Crippen molar-refractivity contribution in [1.29, 1.82) is 0 Å². The molecule has 1 rings (SSSR count). The van der Waals surface area contributed by atoms with Gasteiger partial charge in [-0.15, -0.1) is 0 Å². The van der Waals surface area contributed by atoms with Crippen LogP contribution in [0.25, 0.3) is 0 Å². The van der Waals surface area contributed by atoms with E-state index in [0.29, 0.717) is 0 Å². The van der Waals surface area contributed by atoms with Gasteiger partial charge >= 0.3 is 5.92 Å². The number of phenols is 1. The van der Waals surface area contributed by atoms with E-state index in [1.807, 2.05) is 0 Å². The molecule has 0 unspecified atom stereocenters. The Labute approximate surface area is 73.8 Å². The molecular weight excluding hydrogens is 178 g/mol. The summed E-state index contributed by atoms with van der Waals surface area (Å²) in [4.78, 5) is 10.6. The first kappa shape index (κ1) is 9.64. The van der Waals surface area contributed by atoms with Gasteiger partial charge in [0.15, 0.2) is 0 Å². The van der Waals surface area contributed by atoms with Gasteiger partial charge in [-0.25, -0.2) is 0 Å². The highest BCUT2D eigenvalue weighted by molar-refractivity contribution is 5.85. The first-order valence-corrected chi connectivity index (χ1v) is 3.63. The summed E-state index contributed by atoms with van der Waals surface area (Å²) >= 11 is 0. The molecule has 0 aliphatic heterocycles. The van der Waals surface area contributed by atoms with E-state index in [-0.39, 0.29) is 0 Å². The monoisotopic (exact) mass is 186 g/mol. The quantitative estimate of drug-likeness (QED) is 0.767. The number of phenolic OH excluding ortho intramolecular Hbond substituents is 1. The van der Waals surface area contributed by atoms with Crippen molar-refractivity contribution in [1.82, 2.24) is 0 Å². The largest absolute Gasteiger partial charge is 0.507 e. The Morgan fingerprint density at radius 3 is 2.38 bits per heavy atom. The molecule has 1 aromatic carbocycles. The van der Waals surface area contributed by atoms with Crippen molar-refractivity contribution in [2.24, 2.45) is 0 Å². The van der Waals surface area contributed by atoms with Crippen LogP contribution in [0.4, 0.5) is 8.78 Å². The molecule has 0 heterocycles. The van der Waals surface area contributed by atoms with E-state index in [4.69, 9.17) is 5.11 Å². The highest BCUT2D eigenvalue weighted by Gasteiger charge is 2.39. The van der Waals surface area contributed by atoms with Crippen LogP contribution in [-0.4, -0.2) is 10.9 Å². The van der Waals surface area contributed by atoms with Gasteiger partial charge in [-0.2, -0.15) is 8.78 Å². The molecule has 1 aromatic rings. The molecule has 0 aliphatic rings. The fraction of sp³-hybridized carbons (Fsp3) is 0.222. The van der Waals surface area contributed by atoms with Gasteiger partial charge in [0.25, 0.3) is 0 Å². The van der Waals surface area contributed by atoms with Crippen LogP contribution in [0, 0.1) is 0 Å². The molecule has 13 heavy (non-hydrogen) atoms. The van der Waals surface area contributed by atoms with Crippen LogP contribution >= 0.6 is 0 Å². The molecular formula is C9H8F2O2. The number of halogens is 2. The zero-order valence-electron chi connectivity index (χ0n) is 6.92. The third kappa shape index (κ3) is 1.66. The fourth-order valence-corrected chi connectivity index (χ4v) is 0.929. The van der Waals surface area contributed by atoms with Gasteiger partial charge < -0.3 is 5.11 Å². The molecule has 0 radical (unpaired) electrons. The molecule has 2 nitrogen and oxygen atoms in total. The van der Waals surface area contributed by atoms with E-state index in [0.717, 1.165) is 19.1 Å². The van der Waals surface area contributed by atoms with Crippen LogP contribution in [-0.2, 0) is 10.7 Å². The maximum Gasteiger partial charge on any atom is 0.333 e. The van der Waals surface area contributed by atoms with Crippen LogP contribution in [0.15, 0.2) is 24.3 Å². The third-order valence-corrected chi connectivity index (χ3v) is 1.68. The van der Waals surface area contributed by atoms with Gasteiger partial charge in [-0.1, -0.05) is 12.1 Å². The highest BCUT2D eigenvalue weighted by atomic mass is 19.3. The SMILES string of the molecule is CC(=O)C(F)(F)c1ccccc1O. The number of carbonyl (C=O) groups excluding carboxylic acids is 1. The Kier molecular flexibility index (Phi) is 2.32. The number of rotatable bonds is 2. The maximum absolute atomic E-state index is 13.0. The van der Waals surface area contributed by atoms with Gasteiger partial charge in [0.2, 0.25) is 5.78 Å². The second-order valence-electron chi connectivity index (χ2n) is 2.65. The second kappa shape index (κ2) is 3.12. The molecule has 0 aliphatic carbocycles. The maximum atomic E-state index is 13.0. The molecule has 0 amide bonds.